The van der Waals surface area contributed by atoms with E-state index in [2.05, 4.69) is 39.9 Å². The molecule has 17 heavy (non-hydrogen) atoms. The zero-order valence-electron chi connectivity index (χ0n) is 12.4. The fraction of sp³-hybridized carbons (Fsp3) is 1.00. The Bertz CT molecular complexity index is 201. The molecule has 0 aromatic rings. The number of nitrogens with one attached hydrogen (secondary N) is 1. The van der Waals surface area contributed by atoms with E-state index in [0.29, 0.717) is 6.10 Å². The van der Waals surface area contributed by atoms with Crippen molar-refractivity contribution in [3.05, 3.63) is 0 Å². The molecule has 2 nitrogen and oxygen atoms in total. The summed E-state index contributed by atoms with van der Waals surface area (Å²) in [6, 6.07) is 0. The first kappa shape index (κ1) is 15.0. The Kier molecular flexibility index (Phi) is 5.94. The second-order valence-corrected chi connectivity index (χ2v) is 7.00. The van der Waals surface area contributed by atoms with Gasteiger partial charge in [0.1, 0.15) is 0 Å². The lowest BCUT2D eigenvalue weighted by Gasteiger charge is -2.27. The number of hydrogen-bond donors (Lipinski definition) is 1. The van der Waals surface area contributed by atoms with E-state index in [4.69, 9.17) is 4.74 Å². The van der Waals surface area contributed by atoms with Gasteiger partial charge in [-0.2, -0.15) is 0 Å². The van der Waals surface area contributed by atoms with Crippen molar-refractivity contribution in [1.82, 2.24) is 5.32 Å². The first-order chi connectivity index (χ1) is 7.87. The van der Waals surface area contributed by atoms with Crippen molar-refractivity contribution >= 4 is 0 Å². The van der Waals surface area contributed by atoms with Crippen LogP contribution in [0.3, 0.4) is 0 Å². The minimum absolute atomic E-state index is 0.228. The molecule has 0 radical (unpaired) electrons. The molecule has 0 amide bonds. The molecule has 102 valence electrons. The van der Waals surface area contributed by atoms with Gasteiger partial charge < -0.3 is 10.1 Å². The maximum absolute atomic E-state index is 5.77. The standard InChI is InChI=1S/C15H31NO/c1-12(2)9-13(11-16-15(3,4)5)10-14-7-6-8-17-14/h12-14,16H,6-11H2,1-5H3. The van der Waals surface area contributed by atoms with Gasteiger partial charge in [0.05, 0.1) is 6.10 Å². The Balaban J connectivity index is 2.36. The molecule has 1 saturated heterocycles. The van der Waals surface area contributed by atoms with Crippen molar-refractivity contribution in [3.63, 3.8) is 0 Å². The normalized spacial score (nSPS) is 23.3. The van der Waals surface area contributed by atoms with E-state index in [0.717, 1.165) is 25.0 Å². The molecule has 1 aliphatic rings. The summed E-state index contributed by atoms with van der Waals surface area (Å²) in [5, 5.41) is 3.65. The summed E-state index contributed by atoms with van der Waals surface area (Å²) in [6.07, 6.45) is 5.60. The van der Waals surface area contributed by atoms with Crippen LogP contribution >= 0.6 is 0 Å². The van der Waals surface area contributed by atoms with E-state index in [1.165, 1.54) is 25.7 Å². The van der Waals surface area contributed by atoms with Crippen LogP contribution in [-0.4, -0.2) is 24.8 Å². The predicted octanol–water partition coefficient (Wildman–Crippen LogP) is 3.61. The molecule has 2 unspecified atom stereocenters. The van der Waals surface area contributed by atoms with Crippen LogP contribution in [0.5, 0.6) is 0 Å². The minimum Gasteiger partial charge on any atom is -0.378 e. The lowest BCUT2D eigenvalue weighted by Crippen LogP contribution is -2.40. The van der Waals surface area contributed by atoms with Gasteiger partial charge >= 0.3 is 0 Å². The Morgan fingerprint density at radius 1 is 1.29 bits per heavy atom. The summed E-state index contributed by atoms with van der Waals surface area (Å²) in [7, 11) is 0. The van der Waals surface area contributed by atoms with Gasteiger partial charge in [0, 0.05) is 12.1 Å². The first-order valence-electron chi connectivity index (χ1n) is 7.23. The van der Waals surface area contributed by atoms with E-state index in [1.807, 2.05) is 0 Å². The van der Waals surface area contributed by atoms with E-state index >= 15 is 0 Å². The maximum atomic E-state index is 5.77. The van der Waals surface area contributed by atoms with Gasteiger partial charge in [-0.3, -0.25) is 0 Å². The summed E-state index contributed by atoms with van der Waals surface area (Å²) in [5.74, 6) is 1.54. The third-order valence-electron chi connectivity index (χ3n) is 3.35. The lowest BCUT2D eigenvalue weighted by molar-refractivity contribution is 0.0847. The smallest absolute Gasteiger partial charge is 0.0579 e. The van der Waals surface area contributed by atoms with Crippen LogP contribution in [0.25, 0.3) is 0 Å². The van der Waals surface area contributed by atoms with E-state index < -0.39 is 0 Å². The predicted molar refractivity (Wildman–Crippen MR) is 74.3 cm³/mol. The number of hydrogen-bond acceptors (Lipinski definition) is 2. The van der Waals surface area contributed by atoms with Gasteiger partial charge in [-0.05, 0) is 64.8 Å². The largest absolute Gasteiger partial charge is 0.378 e. The molecule has 0 bridgehead atoms. The molecule has 0 aliphatic carbocycles. The number of rotatable bonds is 6. The molecule has 0 aromatic carbocycles. The summed E-state index contributed by atoms with van der Waals surface area (Å²) < 4.78 is 5.77. The Morgan fingerprint density at radius 3 is 2.47 bits per heavy atom. The third-order valence-corrected chi connectivity index (χ3v) is 3.35. The van der Waals surface area contributed by atoms with E-state index in [1.54, 1.807) is 0 Å². The molecular weight excluding hydrogens is 210 g/mol. The molecule has 2 heteroatoms. The second-order valence-electron chi connectivity index (χ2n) is 7.00. The van der Waals surface area contributed by atoms with Crippen LogP contribution < -0.4 is 5.32 Å². The molecule has 1 aliphatic heterocycles. The van der Waals surface area contributed by atoms with Crippen molar-refractivity contribution in [1.29, 1.82) is 0 Å². The average Bonchev–Trinajstić information content (AvgIpc) is 2.65. The topological polar surface area (TPSA) is 21.3 Å². The molecule has 0 aromatic heterocycles. The lowest BCUT2D eigenvalue weighted by atomic mass is 9.90. The summed E-state index contributed by atoms with van der Waals surface area (Å²) >= 11 is 0. The average molecular weight is 241 g/mol. The van der Waals surface area contributed by atoms with E-state index in [-0.39, 0.29) is 5.54 Å². The Hall–Kier alpha value is -0.0800. The highest BCUT2D eigenvalue weighted by Gasteiger charge is 2.22. The fourth-order valence-electron chi connectivity index (χ4n) is 2.58. The fourth-order valence-corrected chi connectivity index (χ4v) is 2.58. The van der Waals surface area contributed by atoms with Crippen LogP contribution in [0.15, 0.2) is 0 Å². The molecule has 1 fully saturated rings. The highest BCUT2D eigenvalue weighted by molar-refractivity contribution is 4.77. The van der Waals surface area contributed by atoms with Crippen LogP contribution in [0, 0.1) is 11.8 Å². The van der Waals surface area contributed by atoms with Gasteiger partial charge in [-0.15, -0.1) is 0 Å². The van der Waals surface area contributed by atoms with Crippen molar-refractivity contribution in [2.45, 2.75) is 71.9 Å². The molecule has 0 saturated carbocycles. The van der Waals surface area contributed by atoms with Crippen LogP contribution in [0.1, 0.15) is 60.3 Å². The Morgan fingerprint density at radius 2 is 2.00 bits per heavy atom. The first-order valence-corrected chi connectivity index (χ1v) is 7.23. The minimum atomic E-state index is 0.228. The van der Waals surface area contributed by atoms with E-state index in [9.17, 15) is 0 Å². The molecular formula is C15H31NO. The quantitative estimate of drug-likeness (QED) is 0.767. The van der Waals surface area contributed by atoms with Gasteiger partial charge in [0.2, 0.25) is 0 Å². The van der Waals surface area contributed by atoms with Crippen molar-refractivity contribution < 1.29 is 4.74 Å². The van der Waals surface area contributed by atoms with Gasteiger partial charge in [-0.25, -0.2) is 0 Å². The van der Waals surface area contributed by atoms with Crippen LogP contribution in [0.2, 0.25) is 0 Å². The molecule has 1 N–H and O–H groups in total. The zero-order chi connectivity index (χ0) is 12.9. The summed E-state index contributed by atoms with van der Waals surface area (Å²) in [5.41, 5.74) is 0.228. The van der Waals surface area contributed by atoms with Gasteiger partial charge in [0.25, 0.3) is 0 Å². The molecule has 1 rings (SSSR count). The molecule has 1 heterocycles. The third kappa shape index (κ3) is 7.05. The number of ether oxygens (including phenoxy) is 1. The summed E-state index contributed by atoms with van der Waals surface area (Å²) in [6.45, 7) is 13.5. The zero-order valence-corrected chi connectivity index (χ0v) is 12.4. The highest BCUT2D eigenvalue weighted by Crippen LogP contribution is 2.24. The molecule has 0 spiro atoms. The highest BCUT2D eigenvalue weighted by atomic mass is 16.5. The Labute approximate surface area is 108 Å². The monoisotopic (exact) mass is 241 g/mol. The summed E-state index contributed by atoms with van der Waals surface area (Å²) in [4.78, 5) is 0. The van der Waals surface area contributed by atoms with Crippen molar-refractivity contribution in [2.24, 2.45) is 11.8 Å². The van der Waals surface area contributed by atoms with Crippen molar-refractivity contribution in [3.8, 4) is 0 Å². The SMILES string of the molecule is CC(C)CC(CNC(C)(C)C)CC1CCCO1. The second kappa shape index (κ2) is 6.75. The van der Waals surface area contributed by atoms with Crippen molar-refractivity contribution in [2.75, 3.05) is 13.2 Å². The van der Waals surface area contributed by atoms with Gasteiger partial charge in [-0.1, -0.05) is 13.8 Å². The van der Waals surface area contributed by atoms with Crippen LogP contribution in [0.4, 0.5) is 0 Å². The van der Waals surface area contributed by atoms with Gasteiger partial charge in [0.15, 0.2) is 0 Å². The van der Waals surface area contributed by atoms with Crippen LogP contribution in [-0.2, 0) is 4.74 Å². The maximum Gasteiger partial charge on any atom is 0.0579 e. The molecule has 2 atom stereocenters.